The van der Waals surface area contributed by atoms with E-state index in [4.69, 9.17) is 9.53 Å². The van der Waals surface area contributed by atoms with Crippen LogP contribution >= 0.6 is 0 Å². The van der Waals surface area contributed by atoms with E-state index in [-0.39, 0.29) is 12.2 Å². The standard InChI is InChI=1S/C11H15FO3Si/c1-16(2,3)15-11-8(7-10(13)14)5-4-6-9(11)12/h4-6H,7H2,1-3H3,(H,13,14). The molecule has 1 aromatic rings. The molecule has 1 aromatic carbocycles. The Bertz CT molecular complexity index is 399. The van der Waals surface area contributed by atoms with Gasteiger partial charge in [-0.05, 0) is 25.7 Å². The maximum absolute atomic E-state index is 13.5. The summed E-state index contributed by atoms with van der Waals surface area (Å²) in [5.74, 6) is -1.41. The van der Waals surface area contributed by atoms with Crippen LogP contribution in [0.3, 0.4) is 0 Å². The van der Waals surface area contributed by atoms with Crippen LogP contribution in [0.1, 0.15) is 5.56 Å². The minimum atomic E-state index is -1.94. The molecule has 1 N–H and O–H groups in total. The molecule has 0 bridgehead atoms. The Morgan fingerprint density at radius 1 is 1.44 bits per heavy atom. The predicted octanol–water partition coefficient (Wildman–Crippen LogP) is 2.67. The first-order chi connectivity index (χ1) is 7.29. The van der Waals surface area contributed by atoms with Crippen LogP contribution in [0.4, 0.5) is 4.39 Å². The van der Waals surface area contributed by atoms with Crippen molar-refractivity contribution in [3.63, 3.8) is 0 Å². The highest BCUT2D eigenvalue weighted by atomic mass is 28.4. The highest BCUT2D eigenvalue weighted by Gasteiger charge is 2.21. The van der Waals surface area contributed by atoms with Crippen LogP contribution in [0, 0.1) is 5.82 Å². The molecular formula is C11H15FO3Si. The van der Waals surface area contributed by atoms with Gasteiger partial charge in [-0.1, -0.05) is 12.1 Å². The predicted molar refractivity (Wildman–Crippen MR) is 61.7 cm³/mol. The number of aliphatic carboxylic acids is 1. The number of rotatable bonds is 4. The van der Waals surface area contributed by atoms with E-state index >= 15 is 0 Å². The van der Waals surface area contributed by atoms with Crippen LogP contribution in [0.15, 0.2) is 18.2 Å². The average Bonchev–Trinajstić information content (AvgIpc) is 2.08. The van der Waals surface area contributed by atoms with Crippen LogP contribution < -0.4 is 4.43 Å². The molecule has 0 radical (unpaired) electrons. The second-order valence-electron chi connectivity index (χ2n) is 4.51. The van der Waals surface area contributed by atoms with E-state index in [0.717, 1.165) is 0 Å². The Morgan fingerprint density at radius 2 is 2.06 bits per heavy atom. The molecule has 0 spiro atoms. The molecule has 0 saturated carbocycles. The highest BCUT2D eigenvalue weighted by Crippen LogP contribution is 2.26. The fourth-order valence-corrected chi connectivity index (χ4v) is 2.12. The highest BCUT2D eigenvalue weighted by molar-refractivity contribution is 6.70. The van der Waals surface area contributed by atoms with E-state index in [1.165, 1.54) is 12.1 Å². The Kier molecular flexibility index (Phi) is 3.69. The van der Waals surface area contributed by atoms with Crippen molar-refractivity contribution in [3.8, 4) is 5.75 Å². The van der Waals surface area contributed by atoms with E-state index < -0.39 is 20.1 Å². The summed E-state index contributed by atoms with van der Waals surface area (Å²) in [4.78, 5) is 10.6. The molecule has 3 nitrogen and oxygen atoms in total. The van der Waals surface area contributed by atoms with E-state index in [9.17, 15) is 9.18 Å². The van der Waals surface area contributed by atoms with Crippen LogP contribution in [0.5, 0.6) is 5.75 Å². The molecule has 1 rings (SSSR count). The lowest BCUT2D eigenvalue weighted by Gasteiger charge is -2.21. The fraction of sp³-hybridized carbons (Fsp3) is 0.364. The van der Waals surface area contributed by atoms with E-state index in [2.05, 4.69) is 0 Å². The van der Waals surface area contributed by atoms with Crippen LogP contribution in [-0.4, -0.2) is 19.4 Å². The van der Waals surface area contributed by atoms with Crippen molar-refractivity contribution in [3.05, 3.63) is 29.6 Å². The number of halogens is 1. The molecule has 0 aliphatic carbocycles. The molecule has 0 aromatic heterocycles. The van der Waals surface area contributed by atoms with Crippen LogP contribution in [-0.2, 0) is 11.2 Å². The second kappa shape index (κ2) is 4.65. The van der Waals surface area contributed by atoms with Crippen molar-refractivity contribution in [2.75, 3.05) is 0 Å². The maximum Gasteiger partial charge on any atom is 0.307 e. The zero-order valence-corrected chi connectivity index (χ0v) is 10.6. The minimum Gasteiger partial charge on any atom is -0.542 e. The zero-order chi connectivity index (χ0) is 12.3. The van der Waals surface area contributed by atoms with Crippen molar-refractivity contribution >= 4 is 14.3 Å². The molecule has 0 aliphatic rings. The quantitative estimate of drug-likeness (QED) is 0.826. The maximum atomic E-state index is 13.5. The lowest BCUT2D eigenvalue weighted by atomic mass is 10.1. The van der Waals surface area contributed by atoms with Gasteiger partial charge in [-0.15, -0.1) is 0 Å². The molecule has 0 saturated heterocycles. The van der Waals surface area contributed by atoms with Crippen molar-refractivity contribution in [1.82, 2.24) is 0 Å². The van der Waals surface area contributed by atoms with Crippen molar-refractivity contribution in [1.29, 1.82) is 0 Å². The van der Waals surface area contributed by atoms with Crippen molar-refractivity contribution in [2.24, 2.45) is 0 Å². The Morgan fingerprint density at radius 3 is 2.56 bits per heavy atom. The summed E-state index contributed by atoms with van der Waals surface area (Å²) in [6.07, 6.45) is -0.225. The van der Waals surface area contributed by atoms with E-state index in [1.54, 1.807) is 6.07 Å². The lowest BCUT2D eigenvalue weighted by Crippen LogP contribution is -2.30. The lowest BCUT2D eigenvalue weighted by molar-refractivity contribution is -0.136. The zero-order valence-electron chi connectivity index (χ0n) is 9.58. The molecule has 0 heterocycles. The fourth-order valence-electron chi connectivity index (χ4n) is 1.28. The normalized spacial score (nSPS) is 11.2. The third-order valence-electron chi connectivity index (χ3n) is 1.80. The first-order valence-electron chi connectivity index (χ1n) is 4.98. The summed E-state index contributed by atoms with van der Waals surface area (Å²) >= 11 is 0. The van der Waals surface area contributed by atoms with Gasteiger partial charge in [0.05, 0.1) is 6.42 Å². The Hall–Kier alpha value is -1.36. The van der Waals surface area contributed by atoms with Gasteiger partial charge in [0.2, 0.25) is 8.32 Å². The molecule has 88 valence electrons. The van der Waals surface area contributed by atoms with Gasteiger partial charge < -0.3 is 9.53 Å². The van der Waals surface area contributed by atoms with E-state index in [1.807, 2.05) is 19.6 Å². The summed E-state index contributed by atoms with van der Waals surface area (Å²) in [5.41, 5.74) is 0.384. The third-order valence-corrected chi connectivity index (χ3v) is 2.61. The van der Waals surface area contributed by atoms with Gasteiger partial charge in [0.15, 0.2) is 5.82 Å². The summed E-state index contributed by atoms with van der Waals surface area (Å²) in [6.45, 7) is 5.76. The molecule has 0 fully saturated rings. The SMILES string of the molecule is C[Si](C)(C)Oc1c(F)cccc1CC(=O)O. The van der Waals surface area contributed by atoms with Crippen molar-refractivity contribution in [2.45, 2.75) is 26.1 Å². The van der Waals surface area contributed by atoms with Gasteiger partial charge >= 0.3 is 5.97 Å². The number of carboxylic acids is 1. The third kappa shape index (κ3) is 3.66. The van der Waals surface area contributed by atoms with Crippen LogP contribution in [0.25, 0.3) is 0 Å². The second-order valence-corrected chi connectivity index (χ2v) is 8.94. The number of hydrogen-bond donors (Lipinski definition) is 1. The molecular weight excluding hydrogens is 227 g/mol. The topological polar surface area (TPSA) is 46.5 Å². The molecule has 16 heavy (non-hydrogen) atoms. The number of para-hydroxylation sites is 1. The largest absolute Gasteiger partial charge is 0.542 e. The van der Waals surface area contributed by atoms with Gasteiger partial charge in [-0.25, -0.2) is 4.39 Å². The van der Waals surface area contributed by atoms with Crippen LogP contribution in [0.2, 0.25) is 19.6 Å². The number of carbonyl (C=O) groups is 1. The Labute approximate surface area is 95.0 Å². The molecule has 0 atom stereocenters. The summed E-state index contributed by atoms with van der Waals surface area (Å²) in [5, 5.41) is 8.71. The monoisotopic (exact) mass is 242 g/mol. The first-order valence-corrected chi connectivity index (χ1v) is 8.38. The van der Waals surface area contributed by atoms with E-state index in [0.29, 0.717) is 5.56 Å². The summed E-state index contributed by atoms with van der Waals surface area (Å²) in [6, 6.07) is 4.35. The van der Waals surface area contributed by atoms with Gasteiger partial charge in [0.1, 0.15) is 5.75 Å². The Balaban J connectivity index is 3.08. The molecule has 0 amide bonds. The number of carboxylic acid groups (broad SMARTS) is 1. The van der Waals surface area contributed by atoms with Gasteiger partial charge in [0, 0.05) is 5.56 Å². The van der Waals surface area contributed by atoms with Gasteiger partial charge in [-0.2, -0.15) is 0 Å². The molecule has 5 heteroatoms. The number of benzene rings is 1. The van der Waals surface area contributed by atoms with Gasteiger partial charge in [-0.3, -0.25) is 4.79 Å². The molecule has 0 unspecified atom stereocenters. The molecule has 0 aliphatic heterocycles. The average molecular weight is 242 g/mol. The summed E-state index contributed by atoms with van der Waals surface area (Å²) in [7, 11) is -1.94. The summed E-state index contributed by atoms with van der Waals surface area (Å²) < 4.78 is 19.1. The van der Waals surface area contributed by atoms with Gasteiger partial charge in [0.25, 0.3) is 0 Å². The van der Waals surface area contributed by atoms with Crippen molar-refractivity contribution < 1.29 is 18.7 Å². The number of hydrogen-bond acceptors (Lipinski definition) is 2. The first kappa shape index (κ1) is 12.7. The smallest absolute Gasteiger partial charge is 0.307 e. The minimum absolute atomic E-state index is 0.0871.